The maximum atomic E-state index is 13.4. The van der Waals surface area contributed by atoms with Gasteiger partial charge in [0.25, 0.3) is 0 Å². The molecule has 0 aliphatic rings. The van der Waals surface area contributed by atoms with Gasteiger partial charge in [-0.25, -0.2) is 8.42 Å². The summed E-state index contributed by atoms with van der Waals surface area (Å²) in [5, 5.41) is 0. The number of ether oxygens (including phenoxy) is 1. The molecule has 5 nitrogen and oxygen atoms in total. The van der Waals surface area contributed by atoms with E-state index in [4.69, 9.17) is 4.74 Å². The smallest absolute Gasteiger partial charge is 0.321 e. The molecule has 0 spiro atoms. The van der Waals surface area contributed by atoms with E-state index in [1.54, 1.807) is 20.8 Å². The molecular weight excluding hydrogens is 362 g/mol. The molecule has 0 amide bonds. The molecule has 0 aliphatic carbocycles. The average Bonchev–Trinajstić information content (AvgIpc) is 2.55. The fourth-order valence-corrected chi connectivity index (χ4v) is 4.96. The Kier molecular flexibility index (Phi) is 6.78. The Morgan fingerprint density at radius 3 is 2.04 bits per heavy atom. The van der Waals surface area contributed by atoms with E-state index in [2.05, 4.69) is 0 Å². The molecule has 0 N–H and O–H groups in total. The van der Waals surface area contributed by atoms with Crippen LogP contribution in [0.15, 0.2) is 41.3 Å². The molecule has 27 heavy (non-hydrogen) atoms. The summed E-state index contributed by atoms with van der Waals surface area (Å²) in [5.41, 5.74) is 4.25. The molecule has 0 saturated heterocycles. The second kappa shape index (κ2) is 8.67. The molecule has 0 saturated carbocycles. The number of hydrogen-bond donors (Lipinski definition) is 0. The van der Waals surface area contributed by atoms with Gasteiger partial charge in [-0.2, -0.15) is 4.31 Å². The van der Waals surface area contributed by atoms with Gasteiger partial charge in [0.05, 0.1) is 11.5 Å². The standard InChI is InChI=1S/C21H27NO4S/c1-6-26-20(23)14-22(13-19-9-7-15(2)8-10-19)27(24,25)21-17(4)11-16(3)12-18(21)5/h7-12H,6,13-14H2,1-5H3. The molecule has 6 heteroatoms. The van der Waals surface area contributed by atoms with Crippen LogP contribution in [0, 0.1) is 27.7 Å². The van der Waals surface area contributed by atoms with E-state index in [1.165, 1.54) is 4.31 Å². The van der Waals surface area contributed by atoms with E-state index >= 15 is 0 Å². The lowest BCUT2D eigenvalue weighted by molar-refractivity contribution is -0.143. The van der Waals surface area contributed by atoms with Gasteiger partial charge in [-0.05, 0) is 51.3 Å². The Balaban J connectivity index is 2.47. The van der Waals surface area contributed by atoms with Crippen LogP contribution in [0.3, 0.4) is 0 Å². The van der Waals surface area contributed by atoms with Gasteiger partial charge >= 0.3 is 5.97 Å². The summed E-state index contributed by atoms with van der Waals surface area (Å²) in [6.07, 6.45) is 0. The van der Waals surface area contributed by atoms with E-state index in [0.717, 1.165) is 16.7 Å². The van der Waals surface area contributed by atoms with Crippen molar-refractivity contribution < 1.29 is 17.9 Å². The number of rotatable bonds is 7. The first-order chi connectivity index (χ1) is 12.6. The van der Waals surface area contributed by atoms with Crippen LogP contribution in [0.5, 0.6) is 0 Å². The van der Waals surface area contributed by atoms with Crippen molar-refractivity contribution in [1.29, 1.82) is 0 Å². The maximum absolute atomic E-state index is 13.4. The van der Waals surface area contributed by atoms with Gasteiger partial charge in [0.15, 0.2) is 0 Å². The first-order valence-corrected chi connectivity index (χ1v) is 10.4. The largest absolute Gasteiger partial charge is 0.465 e. The Labute approximate surface area is 162 Å². The number of carbonyl (C=O) groups excluding carboxylic acids is 1. The highest BCUT2D eigenvalue weighted by Crippen LogP contribution is 2.26. The molecule has 0 heterocycles. The topological polar surface area (TPSA) is 63.7 Å². The summed E-state index contributed by atoms with van der Waals surface area (Å²) in [6, 6.07) is 11.3. The zero-order valence-corrected chi connectivity index (χ0v) is 17.4. The number of carbonyl (C=O) groups is 1. The quantitative estimate of drug-likeness (QED) is 0.678. The highest BCUT2D eigenvalue weighted by Gasteiger charge is 2.30. The maximum Gasteiger partial charge on any atom is 0.321 e. The predicted molar refractivity (Wildman–Crippen MR) is 106 cm³/mol. The number of aryl methyl sites for hydroxylation is 4. The van der Waals surface area contributed by atoms with Crippen molar-refractivity contribution in [2.75, 3.05) is 13.2 Å². The lowest BCUT2D eigenvalue weighted by atomic mass is 10.1. The van der Waals surface area contributed by atoms with E-state index < -0.39 is 16.0 Å². The zero-order valence-electron chi connectivity index (χ0n) is 16.6. The number of esters is 1. The van der Waals surface area contributed by atoms with Crippen molar-refractivity contribution in [3.8, 4) is 0 Å². The van der Waals surface area contributed by atoms with Gasteiger partial charge in [-0.1, -0.05) is 47.5 Å². The summed E-state index contributed by atoms with van der Waals surface area (Å²) in [4.78, 5) is 12.3. The van der Waals surface area contributed by atoms with Gasteiger partial charge in [-0.3, -0.25) is 4.79 Å². The lowest BCUT2D eigenvalue weighted by Gasteiger charge is -2.24. The summed E-state index contributed by atoms with van der Waals surface area (Å²) in [7, 11) is -3.87. The molecule has 0 bridgehead atoms. The van der Waals surface area contributed by atoms with Crippen LogP contribution < -0.4 is 0 Å². The van der Waals surface area contributed by atoms with E-state index in [0.29, 0.717) is 11.1 Å². The number of benzene rings is 2. The SMILES string of the molecule is CCOC(=O)CN(Cc1ccc(C)cc1)S(=O)(=O)c1c(C)cc(C)cc1C. The van der Waals surface area contributed by atoms with Crippen molar-refractivity contribution in [2.45, 2.75) is 46.1 Å². The molecule has 0 aliphatic heterocycles. The number of sulfonamides is 1. The van der Waals surface area contributed by atoms with Crippen molar-refractivity contribution >= 4 is 16.0 Å². The van der Waals surface area contributed by atoms with Crippen LogP contribution in [-0.2, 0) is 26.1 Å². The third-order valence-electron chi connectivity index (χ3n) is 4.29. The fourth-order valence-electron chi connectivity index (χ4n) is 3.18. The molecule has 0 radical (unpaired) electrons. The Morgan fingerprint density at radius 2 is 1.52 bits per heavy atom. The highest BCUT2D eigenvalue weighted by atomic mass is 32.2. The molecule has 0 atom stereocenters. The first-order valence-electron chi connectivity index (χ1n) is 8.94. The third kappa shape index (κ3) is 5.17. The molecule has 2 rings (SSSR count). The van der Waals surface area contributed by atoms with Gasteiger partial charge in [0.2, 0.25) is 10.0 Å². The van der Waals surface area contributed by atoms with Crippen LogP contribution in [0.25, 0.3) is 0 Å². The van der Waals surface area contributed by atoms with Crippen molar-refractivity contribution in [3.63, 3.8) is 0 Å². The van der Waals surface area contributed by atoms with E-state index in [9.17, 15) is 13.2 Å². The second-order valence-corrected chi connectivity index (χ2v) is 8.67. The summed E-state index contributed by atoms with van der Waals surface area (Å²) >= 11 is 0. The van der Waals surface area contributed by atoms with Gasteiger partial charge < -0.3 is 4.74 Å². The van der Waals surface area contributed by atoms with Gasteiger partial charge in [0.1, 0.15) is 6.54 Å². The lowest BCUT2D eigenvalue weighted by Crippen LogP contribution is -2.36. The minimum absolute atomic E-state index is 0.105. The number of hydrogen-bond acceptors (Lipinski definition) is 4. The first kappa shape index (κ1) is 21.1. The van der Waals surface area contributed by atoms with Crippen molar-refractivity contribution in [3.05, 3.63) is 64.2 Å². The van der Waals surface area contributed by atoms with Crippen molar-refractivity contribution in [1.82, 2.24) is 4.31 Å². The highest BCUT2D eigenvalue weighted by molar-refractivity contribution is 7.89. The van der Waals surface area contributed by atoms with E-state index in [1.807, 2.05) is 50.2 Å². The monoisotopic (exact) mass is 389 g/mol. The fraction of sp³-hybridized carbons (Fsp3) is 0.381. The predicted octanol–water partition coefficient (Wildman–Crippen LogP) is 3.67. The zero-order chi connectivity index (χ0) is 20.2. The molecule has 146 valence electrons. The second-order valence-electron chi connectivity index (χ2n) is 6.79. The summed E-state index contributed by atoms with van der Waals surface area (Å²) in [5.74, 6) is -0.560. The minimum Gasteiger partial charge on any atom is -0.465 e. The average molecular weight is 390 g/mol. The minimum atomic E-state index is -3.87. The van der Waals surface area contributed by atoms with Crippen LogP contribution in [0.2, 0.25) is 0 Å². The molecule has 0 aromatic heterocycles. The molecule has 2 aromatic rings. The van der Waals surface area contributed by atoms with Crippen molar-refractivity contribution in [2.24, 2.45) is 0 Å². The summed E-state index contributed by atoms with van der Waals surface area (Å²) in [6.45, 7) is 9.15. The van der Waals surface area contributed by atoms with Crippen LogP contribution >= 0.6 is 0 Å². The van der Waals surface area contributed by atoms with Gasteiger partial charge in [0, 0.05) is 6.54 Å². The molecular formula is C21H27NO4S. The Bertz CT molecular complexity index is 895. The third-order valence-corrected chi connectivity index (χ3v) is 6.39. The summed E-state index contributed by atoms with van der Waals surface area (Å²) < 4.78 is 33.0. The molecule has 2 aromatic carbocycles. The Morgan fingerprint density at radius 1 is 0.963 bits per heavy atom. The molecule has 0 unspecified atom stereocenters. The van der Waals surface area contributed by atoms with E-state index in [-0.39, 0.29) is 24.6 Å². The Hall–Kier alpha value is -2.18. The van der Waals surface area contributed by atoms with Crippen LogP contribution in [0.4, 0.5) is 0 Å². The van der Waals surface area contributed by atoms with Gasteiger partial charge in [-0.15, -0.1) is 0 Å². The number of nitrogens with zero attached hydrogens (tertiary/aromatic N) is 1. The van der Waals surface area contributed by atoms with Crippen LogP contribution in [0.1, 0.15) is 34.7 Å². The normalized spacial score (nSPS) is 11.6. The van der Waals surface area contributed by atoms with Crippen LogP contribution in [-0.4, -0.2) is 31.8 Å². The molecule has 0 fully saturated rings.